The second-order valence-electron chi connectivity index (χ2n) is 8.14. The predicted octanol–water partition coefficient (Wildman–Crippen LogP) is 4.67. The molecular weight excluding hydrogens is 418 g/mol. The van der Waals surface area contributed by atoms with Gasteiger partial charge >= 0.3 is 5.97 Å². The SMILES string of the molecule is C=C(C(=O)O)c1cc2c(Nc3ccc4[nH]ccc4c3)ncnc2cc1OCCCCN(C)C. The number of benzene rings is 2. The summed E-state index contributed by atoms with van der Waals surface area (Å²) in [4.78, 5) is 25.8. The Morgan fingerprint density at radius 2 is 2.03 bits per heavy atom. The minimum absolute atomic E-state index is 0.0382. The molecular formula is C25H27N5O3. The van der Waals surface area contributed by atoms with Crippen LogP contribution < -0.4 is 10.1 Å². The molecule has 0 saturated carbocycles. The molecule has 8 heteroatoms. The van der Waals surface area contributed by atoms with Crippen LogP contribution in [0.2, 0.25) is 0 Å². The number of fused-ring (bicyclic) bond motifs is 2. The third kappa shape index (κ3) is 5.12. The maximum Gasteiger partial charge on any atom is 0.335 e. The molecule has 0 bridgehead atoms. The molecule has 4 rings (SSSR count). The first-order valence-corrected chi connectivity index (χ1v) is 10.8. The van der Waals surface area contributed by atoms with E-state index in [-0.39, 0.29) is 5.57 Å². The minimum atomic E-state index is -1.10. The van der Waals surface area contributed by atoms with Gasteiger partial charge in [0, 0.05) is 39.8 Å². The third-order valence-corrected chi connectivity index (χ3v) is 5.39. The molecule has 0 fully saturated rings. The van der Waals surface area contributed by atoms with Gasteiger partial charge in [0.05, 0.1) is 17.7 Å². The van der Waals surface area contributed by atoms with E-state index >= 15 is 0 Å². The number of carboxylic acid groups (broad SMARTS) is 1. The van der Waals surface area contributed by atoms with Crippen LogP contribution in [0.4, 0.5) is 11.5 Å². The lowest BCUT2D eigenvalue weighted by molar-refractivity contribution is -0.130. The topological polar surface area (TPSA) is 103 Å². The van der Waals surface area contributed by atoms with Crippen LogP contribution >= 0.6 is 0 Å². The summed E-state index contributed by atoms with van der Waals surface area (Å²) in [6.45, 7) is 5.19. The first kappa shape index (κ1) is 22.3. The number of aromatic nitrogens is 3. The molecule has 0 saturated heterocycles. The van der Waals surface area contributed by atoms with Crippen LogP contribution in [0, 0.1) is 0 Å². The standard InChI is InChI=1S/C25H27N5O3/c1-16(25(31)32)19-13-20-22(14-23(19)33-11-5-4-10-30(2)3)27-15-28-24(20)29-18-6-7-21-17(12-18)8-9-26-21/h6-9,12-15,26H,1,4-5,10-11H2,2-3H3,(H,31,32)(H,27,28,29). The summed E-state index contributed by atoms with van der Waals surface area (Å²) in [7, 11) is 4.06. The third-order valence-electron chi connectivity index (χ3n) is 5.39. The fraction of sp³-hybridized carbons (Fsp3) is 0.240. The Labute approximate surface area is 191 Å². The van der Waals surface area contributed by atoms with Crippen LogP contribution in [0.15, 0.2) is 55.5 Å². The zero-order valence-corrected chi connectivity index (χ0v) is 18.8. The average molecular weight is 446 g/mol. The molecule has 0 unspecified atom stereocenters. The van der Waals surface area contributed by atoms with Crippen molar-refractivity contribution < 1.29 is 14.6 Å². The second-order valence-corrected chi connectivity index (χ2v) is 8.14. The van der Waals surface area contributed by atoms with Gasteiger partial charge in [-0.25, -0.2) is 14.8 Å². The van der Waals surface area contributed by atoms with E-state index in [0.29, 0.717) is 34.6 Å². The van der Waals surface area contributed by atoms with E-state index in [0.717, 1.165) is 36.0 Å². The number of hydrogen-bond donors (Lipinski definition) is 3. The molecule has 2 aromatic heterocycles. The fourth-order valence-corrected chi connectivity index (χ4v) is 3.63. The van der Waals surface area contributed by atoms with Crippen molar-refractivity contribution >= 4 is 44.9 Å². The summed E-state index contributed by atoms with van der Waals surface area (Å²) in [6.07, 6.45) is 5.21. The van der Waals surface area contributed by atoms with Gasteiger partial charge in [0.1, 0.15) is 17.9 Å². The molecule has 170 valence electrons. The molecule has 8 nitrogen and oxygen atoms in total. The van der Waals surface area contributed by atoms with Crippen LogP contribution in [-0.2, 0) is 4.79 Å². The number of anilines is 2. The summed E-state index contributed by atoms with van der Waals surface area (Å²) in [5.74, 6) is -0.0684. The minimum Gasteiger partial charge on any atom is -0.493 e. The van der Waals surface area contributed by atoms with Crippen LogP contribution in [0.3, 0.4) is 0 Å². The number of H-pyrrole nitrogens is 1. The van der Waals surface area contributed by atoms with Crippen molar-refractivity contribution in [2.45, 2.75) is 12.8 Å². The molecule has 4 aromatic rings. The number of ether oxygens (including phenoxy) is 1. The van der Waals surface area contributed by atoms with Crippen LogP contribution in [0.25, 0.3) is 27.4 Å². The quantitative estimate of drug-likeness (QED) is 0.241. The molecule has 3 N–H and O–H groups in total. The molecule has 0 aliphatic rings. The van der Waals surface area contributed by atoms with Gasteiger partial charge in [-0.1, -0.05) is 6.58 Å². The summed E-state index contributed by atoms with van der Waals surface area (Å²) in [6, 6.07) is 11.4. The predicted molar refractivity (Wildman–Crippen MR) is 131 cm³/mol. The van der Waals surface area contributed by atoms with E-state index in [1.165, 1.54) is 6.33 Å². The summed E-state index contributed by atoms with van der Waals surface area (Å²) in [5, 5.41) is 14.7. The zero-order valence-electron chi connectivity index (χ0n) is 18.8. The molecule has 0 aliphatic carbocycles. The highest BCUT2D eigenvalue weighted by atomic mass is 16.5. The zero-order chi connectivity index (χ0) is 23.4. The Kier molecular flexibility index (Phi) is 6.55. The fourth-order valence-electron chi connectivity index (χ4n) is 3.63. The second kappa shape index (κ2) is 9.70. The van der Waals surface area contributed by atoms with Crippen molar-refractivity contribution in [2.75, 3.05) is 32.6 Å². The van der Waals surface area contributed by atoms with Crippen LogP contribution in [0.1, 0.15) is 18.4 Å². The normalized spacial score (nSPS) is 11.2. The number of hydrogen-bond acceptors (Lipinski definition) is 6. The van der Waals surface area contributed by atoms with Crippen LogP contribution in [0.5, 0.6) is 5.75 Å². The number of nitrogens with zero attached hydrogens (tertiary/aromatic N) is 3. The van der Waals surface area contributed by atoms with Gasteiger partial charge in [-0.05, 0) is 63.8 Å². The van der Waals surface area contributed by atoms with Crippen molar-refractivity contribution in [1.29, 1.82) is 0 Å². The Bertz CT molecular complexity index is 1310. The first-order valence-electron chi connectivity index (χ1n) is 10.8. The van der Waals surface area contributed by atoms with Crippen molar-refractivity contribution in [3.8, 4) is 5.75 Å². The Morgan fingerprint density at radius 1 is 1.18 bits per heavy atom. The van der Waals surface area contributed by atoms with E-state index in [1.54, 1.807) is 12.1 Å². The van der Waals surface area contributed by atoms with E-state index in [4.69, 9.17) is 4.74 Å². The van der Waals surface area contributed by atoms with Gasteiger partial charge in [-0.2, -0.15) is 0 Å². The Morgan fingerprint density at radius 3 is 2.82 bits per heavy atom. The number of aliphatic carboxylic acids is 1. The van der Waals surface area contributed by atoms with Crippen molar-refractivity contribution in [3.63, 3.8) is 0 Å². The highest BCUT2D eigenvalue weighted by Crippen LogP contribution is 2.34. The molecule has 0 atom stereocenters. The molecule has 2 aromatic carbocycles. The smallest absolute Gasteiger partial charge is 0.335 e. The monoisotopic (exact) mass is 445 g/mol. The number of nitrogens with one attached hydrogen (secondary N) is 2. The maximum atomic E-state index is 11.7. The lowest BCUT2D eigenvalue weighted by atomic mass is 10.0. The Hall–Kier alpha value is -3.91. The number of carboxylic acids is 1. The van der Waals surface area contributed by atoms with E-state index in [2.05, 4.69) is 31.7 Å². The molecule has 0 spiro atoms. The largest absolute Gasteiger partial charge is 0.493 e. The number of aromatic amines is 1. The molecule has 0 aliphatic heterocycles. The highest BCUT2D eigenvalue weighted by Gasteiger charge is 2.17. The van der Waals surface area contributed by atoms with E-state index < -0.39 is 5.97 Å². The summed E-state index contributed by atoms with van der Waals surface area (Å²) in [5.41, 5.74) is 2.94. The molecule has 2 heterocycles. The van der Waals surface area contributed by atoms with Gasteiger partial charge in [0.25, 0.3) is 0 Å². The highest BCUT2D eigenvalue weighted by molar-refractivity contribution is 6.16. The first-order chi connectivity index (χ1) is 15.9. The van der Waals surface area contributed by atoms with Gasteiger partial charge in [0.2, 0.25) is 0 Å². The maximum absolute atomic E-state index is 11.7. The number of carbonyl (C=O) groups is 1. The molecule has 0 amide bonds. The van der Waals surface area contributed by atoms with Crippen LogP contribution in [-0.4, -0.2) is 58.2 Å². The van der Waals surface area contributed by atoms with Gasteiger partial charge < -0.3 is 25.0 Å². The van der Waals surface area contributed by atoms with Crippen molar-refractivity contribution in [3.05, 3.63) is 61.1 Å². The van der Waals surface area contributed by atoms with Gasteiger partial charge in [0.15, 0.2) is 0 Å². The lowest BCUT2D eigenvalue weighted by Crippen LogP contribution is -2.14. The summed E-state index contributed by atoms with van der Waals surface area (Å²) < 4.78 is 5.97. The number of rotatable bonds is 10. The summed E-state index contributed by atoms with van der Waals surface area (Å²) >= 11 is 0. The Balaban J connectivity index is 1.66. The van der Waals surface area contributed by atoms with E-state index in [1.807, 2.05) is 44.6 Å². The van der Waals surface area contributed by atoms with Gasteiger partial charge in [-0.3, -0.25) is 0 Å². The van der Waals surface area contributed by atoms with Crippen molar-refractivity contribution in [1.82, 2.24) is 19.9 Å². The lowest BCUT2D eigenvalue weighted by Gasteiger charge is -2.15. The van der Waals surface area contributed by atoms with E-state index in [9.17, 15) is 9.90 Å². The van der Waals surface area contributed by atoms with Crippen molar-refractivity contribution in [2.24, 2.45) is 0 Å². The molecule has 0 radical (unpaired) electrons. The number of unbranched alkanes of at least 4 members (excludes halogenated alkanes) is 1. The average Bonchev–Trinajstić information content (AvgIpc) is 3.26. The van der Waals surface area contributed by atoms with Gasteiger partial charge in [-0.15, -0.1) is 0 Å². The molecule has 33 heavy (non-hydrogen) atoms.